The summed E-state index contributed by atoms with van der Waals surface area (Å²) in [5.74, 6) is 2.42. The highest BCUT2D eigenvalue weighted by atomic mass is 16.8. The van der Waals surface area contributed by atoms with E-state index in [1.54, 1.807) is 21.3 Å². The molecule has 0 N–H and O–H groups in total. The second-order valence-corrected chi connectivity index (χ2v) is 9.25. The Labute approximate surface area is 223 Å². The summed E-state index contributed by atoms with van der Waals surface area (Å²) in [6, 6.07) is 23.5. The van der Waals surface area contributed by atoms with E-state index in [2.05, 4.69) is 0 Å². The van der Waals surface area contributed by atoms with E-state index in [0.29, 0.717) is 26.4 Å². The summed E-state index contributed by atoms with van der Waals surface area (Å²) in [5.41, 5.74) is 3.11. The number of hydrogen-bond donors (Lipinski definition) is 0. The van der Waals surface area contributed by atoms with Crippen LogP contribution in [0.1, 0.15) is 16.7 Å². The van der Waals surface area contributed by atoms with Gasteiger partial charge in [-0.25, -0.2) is 0 Å². The molecule has 0 bridgehead atoms. The van der Waals surface area contributed by atoms with E-state index in [4.69, 9.17) is 37.9 Å². The smallest absolute Gasteiger partial charge is 0.187 e. The third kappa shape index (κ3) is 6.64. The van der Waals surface area contributed by atoms with E-state index < -0.39 is 0 Å². The van der Waals surface area contributed by atoms with E-state index in [1.807, 2.05) is 72.8 Å². The first-order valence-corrected chi connectivity index (χ1v) is 12.7. The number of benzene rings is 3. The highest BCUT2D eigenvalue weighted by molar-refractivity contribution is 5.28. The summed E-state index contributed by atoms with van der Waals surface area (Å²) in [6.07, 6.45) is -1.52. The van der Waals surface area contributed by atoms with Gasteiger partial charge in [0, 0.05) is 0 Å². The van der Waals surface area contributed by atoms with Gasteiger partial charge in [-0.2, -0.15) is 0 Å². The van der Waals surface area contributed by atoms with Crippen LogP contribution in [0.2, 0.25) is 0 Å². The number of fused-ring (bicyclic) bond motifs is 1. The zero-order chi connectivity index (χ0) is 26.3. The van der Waals surface area contributed by atoms with Crippen molar-refractivity contribution in [1.29, 1.82) is 0 Å². The zero-order valence-corrected chi connectivity index (χ0v) is 21.9. The van der Waals surface area contributed by atoms with Crippen molar-refractivity contribution >= 4 is 0 Å². The minimum Gasteiger partial charge on any atom is -0.497 e. The lowest BCUT2D eigenvalue weighted by Gasteiger charge is -2.35. The Balaban J connectivity index is 1.25. The molecule has 2 fully saturated rings. The first-order valence-electron chi connectivity index (χ1n) is 12.7. The van der Waals surface area contributed by atoms with Crippen molar-refractivity contribution in [1.82, 2.24) is 0 Å². The fraction of sp³-hybridized carbons (Fsp3) is 0.400. The molecule has 0 aliphatic carbocycles. The van der Waals surface area contributed by atoms with Gasteiger partial charge in [-0.3, -0.25) is 0 Å². The first kappa shape index (κ1) is 26.5. The Bertz CT molecular complexity index is 1130. The molecule has 2 saturated heterocycles. The highest BCUT2D eigenvalue weighted by Crippen LogP contribution is 2.39. The van der Waals surface area contributed by atoms with Crippen LogP contribution < -0.4 is 14.2 Å². The largest absolute Gasteiger partial charge is 0.497 e. The van der Waals surface area contributed by atoms with Crippen LogP contribution in [-0.2, 0) is 43.5 Å². The fourth-order valence-corrected chi connectivity index (χ4v) is 4.47. The molecular formula is C30H34O8. The molecule has 0 aromatic heterocycles. The maximum Gasteiger partial charge on any atom is 0.187 e. The molecule has 202 valence electrons. The molecule has 3 aromatic carbocycles. The minimum atomic E-state index is -0.380. The van der Waals surface area contributed by atoms with Crippen LogP contribution >= 0.6 is 0 Å². The minimum absolute atomic E-state index is 0.174. The normalized spacial score (nSPS) is 23.9. The zero-order valence-electron chi connectivity index (χ0n) is 21.9. The van der Waals surface area contributed by atoms with Gasteiger partial charge in [-0.15, -0.1) is 0 Å². The van der Waals surface area contributed by atoms with Crippen molar-refractivity contribution < 1.29 is 37.9 Å². The predicted molar refractivity (Wildman–Crippen MR) is 139 cm³/mol. The Kier molecular flexibility index (Phi) is 8.78. The number of methoxy groups -OCH3 is 3. The van der Waals surface area contributed by atoms with Gasteiger partial charge in [0.15, 0.2) is 6.29 Å². The molecule has 0 amide bonds. The van der Waals surface area contributed by atoms with Crippen molar-refractivity contribution in [3.8, 4) is 17.2 Å². The molecular weight excluding hydrogens is 488 g/mol. The van der Waals surface area contributed by atoms with Crippen LogP contribution in [0.15, 0.2) is 72.8 Å². The molecule has 8 nitrogen and oxygen atoms in total. The number of hydrogen-bond acceptors (Lipinski definition) is 8. The van der Waals surface area contributed by atoms with Crippen molar-refractivity contribution in [3.05, 3.63) is 89.5 Å². The maximum atomic E-state index is 6.44. The van der Waals surface area contributed by atoms with Gasteiger partial charge in [-0.1, -0.05) is 36.4 Å². The summed E-state index contributed by atoms with van der Waals surface area (Å²) < 4.78 is 46.7. The van der Waals surface area contributed by atoms with Crippen molar-refractivity contribution in [3.63, 3.8) is 0 Å². The van der Waals surface area contributed by atoms with Gasteiger partial charge in [0.05, 0.1) is 47.8 Å². The molecule has 0 saturated carbocycles. The van der Waals surface area contributed by atoms with Crippen LogP contribution in [0.5, 0.6) is 17.2 Å². The molecule has 0 unspecified atom stereocenters. The SMILES string of the molecule is COc1ccc(COC[C@H]2O[C@@H]3O[C@@H]3[C@@H](OCc3ccc(OC)cc3)[C@@H]2OCc2ccc(OC)cc2)cc1. The topological polar surface area (TPSA) is 77.1 Å². The molecule has 5 rings (SSSR count). The lowest BCUT2D eigenvalue weighted by atomic mass is 10.0. The molecule has 2 aliphatic heterocycles. The maximum absolute atomic E-state index is 6.44. The molecule has 5 atom stereocenters. The number of rotatable bonds is 13. The number of ether oxygens (including phenoxy) is 8. The third-order valence-corrected chi connectivity index (χ3v) is 6.72. The van der Waals surface area contributed by atoms with Gasteiger partial charge in [0.25, 0.3) is 0 Å². The second kappa shape index (κ2) is 12.6. The molecule has 38 heavy (non-hydrogen) atoms. The Morgan fingerprint density at radius 3 is 1.47 bits per heavy atom. The van der Waals surface area contributed by atoms with Gasteiger partial charge in [0.1, 0.15) is 41.7 Å². The summed E-state index contributed by atoms with van der Waals surface area (Å²) in [7, 11) is 4.95. The predicted octanol–water partition coefficient (Wildman–Crippen LogP) is 4.52. The first-order chi connectivity index (χ1) is 18.7. The molecule has 0 spiro atoms. The van der Waals surface area contributed by atoms with E-state index in [-0.39, 0.29) is 30.7 Å². The molecule has 8 heteroatoms. The van der Waals surface area contributed by atoms with Crippen molar-refractivity contribution in [2.45, 2.75) is 50.5 Å². The van der Waals surface area contributed by atoms with Crippen LogP contribution in [0.4, 0.5) is 0 Å². The van der Waals surface area contributed by atoms with Crippen LogP contribution in [0.3, 0.4) is 0 Å². The van der Waals surface area contributed by atoms with Crippen LogP contribution in [0.25, 0.3) is 0 Å². The van der Waals surface area contributed by atoms with Gasteiger partial charge in [0.2, 0.25) is 0 Å². The van der Waals surface area contributed by atoms with Crippen molar-refractivity contribution in [2.75, 3.05) is 27.9 Å². The van der Waals surface area contributed by atoms with Gasteiger partial charge < -0.3 is 37.9 Å². The summed E-state index contributed by atoms with van der Waals surface area (Å²) >= 11 is 0. The van der Waals surface area contributed by atoms with E-state index in [1.165, 1.54) is 0 Å². The Morgan fingerprint density at radius 1 is 0.553 bits per heavy atom. The third-order valence-electron chi connectivity index (χ3n) is 6.72. The van der Waals surface area contributed by atoms with E-state index >= 15 is 0 Å². The van der Waals surface area contributed by atoms with Crippen LogP contribution in [0, 0.1) is 0 Å². The Morgan fingerprint density at radius 2 is 1.00 bits per heavy atom. The fourth-order valence-electron chi connectivity index (χ4n) is 4.47. The highest BCUT2D eigenvalue weighted by Gasteiger charge is 2.58. The van der Waals surface area contributed by atoms with E-state index in [9.17, 15) is 0 Å². The number of epoxide rings is 1. The van der Waals surface area contributed by atoms with Crippen LogP contribution in [-0.4, -0.2) is 58.6 Å². The molecule has 2 aliphatic rings. The quantitative estimate of drug-likeness (QED) is 0.303. The average molecular weight is 523 g/mol. The van der Waals surface area contributed by atoms with Gasteiger partial charge >= 0.3 is 0 Å². The molecule has 0 radical (unpaired) electrons. The average Bonchev–Trinajstić information content (AvgIpc) is 3.75. The summed E-state index contributed by atoms with van der Waals surface area (Å²) in [5, 5.41) is 0. The molecule has 2 heterocycles. The van der Waals surface area contributed by atoms with Crippen molar-refractivity contribution in [2.24, 2.45) is 0 Å². The summed E-state index contributed by atoms with van der Waals surface area (Å²) in [4.78, 5) is 0. The molecule has 3 aromatic rings. The standard InChI is InChI=1S/C30H34O8/c1-31-23-10-4-20(5-11-23)16-34-19-26-27(35-17-21-6-12-24(32-2)13-7-21)28(29-30(37-26)38-29)36-18-22-8-14-25(33-3)15-9-22/h4-15,26-30H,16-19H2,1-3H3/t26-,27-,28+,29-,30-/m1/s1. The monoisotopic (exact) mass is 522 g/mol. The Hall–Kier alpha value is -3.14. The second-order valence-electron chi connectivity index (χ2n) is 9.25. The lowest BCUT2D eigenvalue weighted by molar-refractivity contribution is -0.192. The lowest BCUT2D eigenvalue weighted by Crippen LogP contribution is -2.52. The summed E-state index contributed by atoms with van der Waals surface area (Å²) in [6.45, 7) is 1.60. The van der Waals surface area contributed by atoms with Gasteiger partial charge in [-0.05, 0) is 53.1 Å². The van der Waals surface area contributed by atoms with E-state index in [0.717, 1.165) is 33.9 Å².